The molecule has 0 aromatic carbocycles. The van der Waals surface area contributed by atoms with E-state index in [-0.39, 0.29) is 11.7 Å². The summed E-state index contributed by atoms with van der Waals surface area (Å²) in [6.07, 6.45) is 6.38. The van der Waals surface area contributed by atoms with Gasteiger partial charge >= 0.3 is 0 Å². The average molecular weight is 380 g/mol. The number of Topliss-reactive ketones (excluding diaryl/α,β-unsaturated/α-hetero) is 1. The van der Waals surface area contributed by atoms with Crippen molar-refractivity contribution < 1.29 is 9.59 Å². The number of carbonyl (C=O) groups is 2. The van der Waals surface area contributed by atoms with Crippen LogP contribution in [0.3, 0.4) is 0 Å². The van der Waals surface area contributed by atoms with Crippen LogP contribution in [0.15, 0.2) is 29.3 Å². The lowest BCUT2D eigenvalue weighted by Crippen LogP contribution is -2.29. The Morgan fingerprint density at radius 1 is 1.21 bits per heavy atom. The van der Waals surface area contributed by atoms with Crippen LogP contribution in [0.4, 0.5) is 0 Å². The number of hydrogen-bond acceptors (Lipinski definition) is 6. The standard InChI is InChI=1S/C20H24N6O2/c1-5-26(6-2)11-17(27)18-12(3)15(23-13(18)4)9-14-19(24-25-20(14)28)16-10-21-7-8-22-16/h7-10,23H,5-6,11H2,1-4H3,(H,25,28). The zero-order valence-electron chi connectivity index (χ0n) is 16.5. The fourth-order valence-electron chi connectivity index (χ4n) is 3.30. The minimum atomic E-state index is -0.316. The molecule has 8 nitrogen and oxygen atoms in total. The molecule has 0 saturated heterocycles. The maximum absolute atomic E-state index is 12.8. The Hall–Kier alpha value is -3.13. The first-order chi connectivity index (χ1) is 13.5. The van der Waals surface area contributed by atoms with Gasteiger partial charge in [-0.3, -0.25) is 24.5 Å². The highest BCUT2D eigenvalue weighted by Gasteiger charge is 2.26. The fraction of sp³-hybridized carbons (Fsp3) is 0.350. The van der Waals surface area contributed by atoms with Crippen molar-refractivity contribution >= 4 is 23.5 Å². The monoisotopic (exact) mass is 380 g/mol. The molecule has 8 heteroatoms. The SMILES string of the molecule is CCN(CC)CC(=O)c1c(C)[nH]c(C=C2C(=O)NN=C2c2cnccn2)c1C. The van der Waals surface area contributed by atoms with Gasteiger partial charge in [-0.15, -0.1) is 0 Å². The lowest BCUT2D eigenvalue weighted by atomic mass is 10.0. The van der Waals surface area contributed by atoms with Crippen LogP contribution in [0.25, 0.3) is 6.08 Å². The van der Waals surface area contributed by atoms with E-state index in [4.69, 9.17) is 0 Å². The molecule has 146 valence electrons. The van der Waals surface area contributed by atoms with Gasteiger partial charge in [0, 0.05) is 29.3 Å². The molecule has 0 fully saturated rings. The number of H-pyrrole nitrogens is 1. The van der Waals surface area contributed by atoms with Crippen molar-refractivity contribution in [2.75, 3.05) is 19.6 Å². The molecule has 0 spiro atoms. The Morgan fingerprint density at radius 3 is 2.61 bits per heavy atom. The second-order valence-corrected chi connectivity index (χ2v) is 6.60. The summed E-state index contributed by atoms with van der Waals surface area (Å²) in [7, 11) is 0. The first-order valence-corrected chi connectivity index (χ1v) is 9.27. The number of hydrazone groups is 1. The molecule has 0 bridgehead atoms. The molecular formula is C20H24N6O2. The molecule has 1 aliphatic heterocycles. The van der Waals surface area contributed by atoms with Crippen LogP contribution in [0.5, 0.6) is 0 Å². The number of carbonyl (C=O) groups excluding carboxylic acids is 2. The number of aryl methyl sites for hydroxylation is 1. The molecule has 0 unspecified atom stereocenters. The Labute approximate surface area is 163 Å². The molecule has 3 heterocycles. The first kappa shape index (κ1) is 19.6. The Morgan fingerprint density at radius 2 is 1.96 bits per heavy atom. The lowest BCUT2D eigenvalue weighted by molar-refractivity contribution is -0.116. The number of aromatic amines is 1. The van der Waals surface area contributed by atoms with Gasteiger partial charge in [0.25, 0.3) is 5.91 Å². The summed E-state index contributed by atoms with van der Waals surface area (Å²) in [4.78, 5) is 38.7. The van der Waals surface area contributed by atoms with Crippen molar-refractivity contribution in [3.63, 3.8) is 0 Å². The van der Waals surface area contributed by atoms with Gasteiger partial charge in [-0.1, -0.05) is 13.8 Å². The summed E-state index contributed by atoms with van der Waals surface area (Å²) >= 11 is 0. The van der Waals surface area contributed by atoms with Crippen LogP contribution in [0, 0.1) is 13.8 Å². The van der Waals surface area contributed by atoms with Gasteiger partial charge in [-0.25, -0.2) is 5.43 Å². The molecule has 28 heavy (non-hydrogen) atoms. The van der Waals surface area contributed by atoms with Crippen LogP contribution in [0.1, 0.15) is 46.9 Å². The van der Waals surface area contributed by atoms with Gasteiger partial charge in [-0.05, 0) is 38.6 Å². The van der Waals surface area contributed by atoms with Crippen molar-refractivity contribution in [2.24, 2.45) is 5.10 Å². The quantitative estimate of drug-likeness (QED) is 0.564. The third kappa shape index (κ3) is 3.77. The second-order valence-electron chi connectivity index (χ2n) is 6.60. The second kappa shape index (κ2) is 8.26. The van der Waals surface area contributed by atoms with Crippen molar-refractivity contribution in [3.05, 3.63) is 52.4 Å². The maximum atomic E-state index is 12.8. The number of amides is 1. The third-order valence-electron chi connectivity index (χ3n) is 4.88. The third-order valence-corrected chi connectivity index (χ3v) is 4.88. The topological polar surface area (TPSA) is 103 Å². The van der Waals surface area contributed by atoms with E-state index in [0.29, 0.717) is 34.8 Å². The van der Waals surface area contributed by atoms with E-state index in [0.717, 1.165) is 24.3 Å². The highest BCUT2D eigenvalue weighted by molar-refractivity contribution is 6.32. The van der Waals surface area contributed by atoms with Gasteiger partial charge in [0.15, 0.2) is 5.78 Å². The van der Waals surface area contributed by atoms with Crippen molar-refractivity contribution in [3.8, 4) is 0 Å². The highest BCUT2D eigenvalue weighted by atomic mass is 16.2. The molecule has 0 radical (unpaired) electrons. The van der Waals surface area contributed by atoms with Crippen molar-refractivity contribution in [1.82, 2.24) is 25.3 Å². The number of ketones is 1. The Bertz CT molecular complexity index is 955. The summed E-state index contributed by atoms with van der Waals surface area (Å²) in [5.74, 6) is -0.249. The molecule has 0 saturated carbocycles. The zero-order chi connectivity index (χ0) is 20.3. The summed E-state index contributed by atoms with van der Waals surface area (Å²) < 4.78 is 0. The van der Waals surface area contributed by atoms with Crippen LogP contribution < -0.4 is 5.43 Å². The normalized spacial score (nSPS) is 15.2. The average Bonchev–Trinajstić information content (AvgIpc) is 3.20. The first-order valence-electron chi connectivity index (χ1n) is 9.27. The fourth-order valence-corrected chi connectivity index (χ4v) is 3.30. The minimum Gasteiger partial charge on any atom is -0.358 e. The van der Waals surface area contributed by atoms with E-state index in [1.54, 1.807) is 24.7 Å². The van der Waals surface area contributed by atoms with Crippen LogP contribution in [0.2, 0.25) is 0 Å². The van der Waals surface area contributed by atoms with Crippen molar-refractivity contribution in [2.45, 2.75) is 27.7 Å². The molecule has 1 amide bonds. The van der Waals surface area contributed by atoms with Crippen LogP contribution >= 0.6 is 0 Å². The number of aromatic nitrogens is 3. The number of hydrogen-bond donors (Lipinski definition) is 2. The van der Waals surface area contributed by atoms with Crippen LogP contribution in [-0.2, 0) is 4.79 Å². The molecule has 1 aliphatic rings. The van der Waals surface area contributed by atoms with Crippen molar-refractivity contribution in [1.29, 1.82) is 0 Å². The van der Waals surface area contributed by atoms with Gasteiger partial charge in [0.1, 0.15) is 11.4 Å². The Kier molecular flexibility index (Phi) is 5.79. The van der Waals surface area contributed by atoms with Gasteiger partial charge in [0.2, 0.25) is 0 Å². The number of likely N-dealkylation sites (N-methyl/N-ethyl adjacent to an activating group) is 1. The van der Waals surface area contributed by atoms with E-state index in [1.807, 2.05) is 27.7 Å². The molecule has 2 aromatic heterocycles. The predicted octanol–water partition coefficient (Wildman–Crippen LogP) is 1.86. The molecule has 2 aromatic rings. The summed E-state index contributed by atoms with van der Waals surface area (Å²) in [5.41, 5.74) is 6.79. The van der Waals surface area contributed by atoms with Crippen LogP contribution in [-0.4, -0.2) is 56.9 Å². The van der Waals surface area contributed by atoms with E-state index in [1.165, 1.54) is 0 Å². The van der Waals surface area contributed by atoms with E-state index in [2.05, 4.69) is 30.4 Å². The molecular weight excluding hydrogens is 356 g/mol. The minimum absolute atomic E-state index is 0.0679. The summed E-state index contributed by atoms with van der Waals surface area (Å²) in [5, 5.41) is 4.08. The highest BCUT2D eigenvalue weighted by Crippen LogP contribution is 2.23. The molecule has 3 rings (SSSR count). The summed E-state index contributed by atoms with van der Waals surface area (Å²) in [6, 6.07) is 0. The smallest absolute Gasteiger partial charge is 0.273 e. The van der Waals surface area contributed by atoms with Gasteiger partial charge in [0.05, 0.1) is 18.3 Å². The van der Waals surface area contributed by atoms with E-state index < -0.39 is 0 Å². The lowest BCUT2D eigenvalue weighted by Gasteiger charge is -2.17. The molecule has 0 aliphatic carbocycles. The molecule has 2 N–H and O–H groups in total. The number of nitrogens with one attached hydrogen (secondary N) is 2. The largest absolute Gasteiger partial charge is 0.358 e. The predicted molar refractivity (Wildman–Crippen MR) is 107 cm³/mol. The Balaban J connectivity index is 1.95. The maximum Gasteiger partial charge on any atom is 0.273 e. The van der Waals surface area contributed by atoms with Gasteiger partial charge in [-0.2, -0.15) is 5.10 Å². The summed E-state index contributed by atoms with van der Waals surface area (Å²) in [6.45, 7) is 9.84. The zero-order valence-corrected chi connectivity index (χ0v) is 16.5. The number of nitrogens with zero attached hydrogens (tertiary/aromatic N) is 4. The van der Waals surface area contributed by atoms with Gasteiger partial charge < -0.3 is 4.98 Å². The van der Waals surface area contributed by atoms with E-state index in [9.17, 15) is 9.59 Å². The van der Waals surface area contributed by atoms with E-state index >= 15 is 0 Å². The number of rotatable bonds is 7. The molecule has 0 atom stereocenters.